The molecule has 8 heteroatoms. The summed E-state index contributed by atoms with van der Waals surface area (Å²) in [5.74, 6) is 0.0437. The SMILES string of the molecule is Cc1c(CN)cccc1S(=O)(=O)Nc1ccc(=O)[nH]n1. The molecule has 0 amide bonds. The molecule has 2 aromatic rings. The van der Waals surface area contributed by atoms with E-state index in [0.29, 0.717) is 5.56 Å². The summed E-state index contributed by atoms with van der Waals surface area (Å²) in [7, 11) is -3.78. The molecule has 2 rings (SSSR count). The number of hydrogen-bond donors (Lipinski definition) is 3. The van der Waals surface area contributed by atoms with Crippen LogP contribution in [0.1, 0.15) is 11.1 Å². The third-order valence-corrected chi connectivity index (χ3v) is 4.32. The summed E-state index contributed by atoms with van der Waals surface area (Å²) in [6.45, 7) is 1.95. The molecule has 106 valence electrons. The van der Waals surface area contributed by atoms with Crippen LogP contribution in [0.25, 0.3) is 0 Å². The number of aromatic amines is 1. The molecule has 0 aliphatic rings. The Hall–Kier alpha value is -2.19. The van der Waals surface area contributed by atoms with Crippen LogP contribution >= 0.6 is 0 Å². The second-order valence-electron chi connectivity index (χ2n) is 4.16. The van der Waals surface area contributed by atoms with Gasteiger partial charge in [-0.2, -0.15) is 5.10 Å². The van der Waals surface area contributed by atoms with Crippen molar-refractivity contribution < 1.29 is 8.42 Å². The molecule has 0 aliphatic heterocycles. The number of hydrogen-bond acceptors (Lipinski definition) is 5. The minimum absolute atomic E-state index is 0.0437. The Labute approximate surface area is 115 Å². The molecule has 0 unspecified atom stereocenters. The topological polar surface area (TPSA) is 118 Å². The Bertz CT molecular complexity index is 763. The van der Waals surface area contributed by atoms with Crippen LogP contribution in [0.5, 0.6) is 0 Å². The average molecular weight is 294 g/mol. The van der Waals surface area contributed by atoms with Gasteiger partial charge in [0.2, 0.25) is 0 Å². The average Bonchev–Trinajstić information content (AvgIpc) is 2.41. The molecule has 4 N–H and O–H groups in total. The van der Waals surface area contributed by atoms with Gasteiger partial charge in [-0.05, 0) is 30.2 Å². The quantitative estimate of drug-likeness (QED) is 0.751. The van der Waals surface area contributed by atoms with Crippen molar-refractivity contribution in [2.45, 2.75) is 18.4 Å². The van der Waals surface area contributed by atoms with E-state index in [4.69, 9.17) is 5.73 Å². The van der Waals surface area contributed by atoms with Crippen LogP contribution in [0, 0.1) is 6.92 Å². The fraction of sp³-hybridized carbons (Fsp3) is 0.167. The number of nitrogens with zero attached hydrogens (tertiary/aromatic N) is 1. The maximum atomic E-state index is 12.3. The minimum atomic E-state index is -3.78. The molecule has 0 fully saturated rings. The van der Waals surface area contributed by atoms with Gasteiger partial charge in [0.05, 0.1) is 4.90 Å². The van der Waals surface area contributed by atoms with Crippen molar-refractivity contribution in [3.05, 3.63) is 51.8 Å². The zero-order valence-corrected chi connectivity index (χ0v) is 11.6. The van der Waals surface area contributed by atoms with Crippen LogP contribution in [-0.2, 0) is 16.6 Å². The van der Waals surface area contributed by atoms with Gasteiger partial charge in [-0.1, -0.05) is 12.1 Å². The molecule has 1 aromatic carbocycles. The first-order valence-corrected chi connectivity index (χ1v) is 7.29. The van der Waals surface area contributed by atoms with Gasteiger partial charge in [0.1, 0.15) is 0 Å². The fourth-order valence-electron chi connectivity index (χ4n) is 1.77. The summed E-state index contributed by atoms with van der Waals surface area (Å²) in [5, 5.41) is 5.77. The molecule has 1 aromatic heterocycles. The van der Waals surface area contributed by atoms with E-state index in [1.54, 1.807) is 19.1 Å². The predicted molar refractivity (Wildman–Crippen MR) is 74.7 cm³/mol. The highest BCUT2D eigenvalue weighted by atomic mass is 32.2. The lowest BCUT2D eigenvalue weighted by atomic mass is 10.1. The number of benzene rings is 1. The fourth-order valence-corrected chi connectivity index (χ4v) is 3.06. The number of rotatable bonds is 4. The first-order chi connectivity index (χ1) is 9.44. The van der Waals surface area contributed by atoms with Gasteiger partial charge in [-0.15, -0.1) is 0 Å². The molecule has 0 aliphatic carbocycles. The first kappa shape index (κ1) is 14.2. The highest BCUT2D eigenvalue weighted by Crippen LogP contribution is 2.20. The van der Waals surface area contributed by atoms with Crippen LogP contribution in [0.2, 0.25) is 0 Å². The van der Waals surface area contributed by atoms with Crippen molar-refractivity contribution in [3.8, 4) is 0 Å². The zero-order valence-electron chi connectivity index (χ0n) is 10.8. The number of anilines is 1. The molecule has 0 saturated carbocycles. The summed E-state index contributed by atoms with van der Waals surface area (Å²) in [6.07, 6.45) is 0. The molecule has 0 spiro atoms. The second-order valence-corrected chi connectivity index (χ2v) is 5.81. The molecular weight excluding hydrogens is 280 g/mol. The molecular formula is C12H14N4O3S. The summed E-state index contributed by atoms with van der Waals surface area (Å²) < 4.78 is 26.9. The smallest absolute Gasteiger partial charge is 0.264 e. The Morgan fingerprint density at radius 1 is 1.30 bits per heavy atom. The van der Waals surface area contributed by atoms with Crippen LogP contribution in [0.3, 0.4) is 0 Å². The molecule has 0 bridgehead atoms. The van der Waals surface area contributed by atoms with E-state index >= 15 is 0 Å². The third kappa shape index (κ3) is 2.86. The monoisotopic (exact) mass is 294 g/mol. The predicted octanol–water partition coefficient (Wildman–Crippen LogP) is 0.338. The Morgan fingerprint density at radius 2 is 2.05 bits per heavy atom. The lowest BCUT2D eigenvalue weighted by Gasteiger charge is -2.11. The minimum Gasteiger partial charge on any atom is -0.326 e. The van der Waals surface area contributed by atoms with Gasteiger partial charge in [0.25, 0.3) is 15.6 Å². The summed E-state index contributed by atoms with van der Waals surface area (Å²) in [4.78, 5) is 11.0. The Balaban J connectivity index is 2.40. The summed E-state index contributed by atoms with van der Waals surface area (Å²) in [5.41, 5.74) is 6.50. The number of nitrogens with two attached hydrogens (primary N) is 1. The maximum absolute atomic E-state index is 12.3. The van der Waals surface area contributed by atoms with Gasteiger partial charge in [-0.25, -0.2) is 13.5 Å². The Kier molecular flexibility index (Phi) is 3.86. The van der Waals surface area contributed by atoms with Gasteiger partial charge in [-0.3, -0.25) is 9.52 Å². The van der Waals surface area contributed by atoms with Crippen molar-refractivity contribution >= 4 is 15.8 Å². The van der Waals surface area contributed by atoms with E-state index in [1.165, 1.54) is 18.2 Å². The standard InChI is InChI=1S/C12H14N4O3S/c1-8-9(7-13)3-2-4-10(8)20(18,19)16-11-5-6-12(17)15-14-11/h2-6H,7,13H2,1H3,(H,14,16)(H,15,17). The van der Waals surface area contributed by atoms with E-state index in [-0.39, 0.29) is 17.3 Å². The van der Waals surface area contributed by atoms with Gasteiger partial charge in [0, 0.05) is 12.6 Å². The molecule has 1 heterocycles. The molecule has 0 radical (unpaired) electrons. The lowest BCUT2D eigenvalue weighted by Crippen LogP contribution is -2.18. The van der Waals surface area contributed by atoms with Gasteiger partial charge < -0.3 is 5.73 Å². The van der Waals surface area contributed by atoms with Crippen LogP contribution < -0.4 is 16.0 Å². The molecule has 0 saturated heterocycles. The van der Waals surface area contributed by atoms with Crippen molar-refractivity contribution in [1.82, 2.24) is 10.2 Å². The van der Waals surface area contributed by atoms with Crippen molar-refractivity contribution in [2.24, 2.45) is 5.73 Å². The number of H-pyrrole nitrogens is 1. The third-order valence-electron chi connectivity index (χ3n) is 2.82. The highest BCUT2D eigenvalue weighted by Gasteiger charge is 2.18. The number of sulfonamides is 1. The van der Waals surface area contributed by atoms with Crippen molar-refractivity contribution in [1.29, 1.82) is 0 Å². The van der Waals surface area contributed by atoms with E-state index in [0.717, 1.165) is 5.56 Å². The molecule has 7 nitrogen and oxygen atoms in total. The maximum Gasteiger partial charge on any atom is 0.264 e. The van der Waals surface area contributed by atoms with E-state index in [1.807, 2.05) is 0 Å². The normalized spacial score (nSPS) is 11.3. The van der Waals surface area contributed by atoms with Crippen LogP contribution in [-0.4, -0.2) is 18.6 Å². The highest BCUT2D eigenvalue weighted by molar-refractivity contribution is 7.92. The number of nitrogens with one attached hydrogen (secondary N) is 2. The van der Waals surface area contributed by atoms with Crippen molar-refractivity contribution in [3.63, 3.8) is 0 Å². The van der Waals surface area contributed by atoms with Crippen LogP contribution in [0.15, 0.2) is 40.0 Å². The second kappa shape index (κ2) is 5.43. The summed E-state index contributed by atoms with van der Waals surface area (Å²) >= 11 is 0. The van der Waals surface area contributed by atoms with Crippen molar-refractivity contribution in [2.75, 3.05) is 4.72 Å². The molecule has 20 heavy (non-hydrogen) atoms. The first-order valence-electron chi connectivity index (χ1n) is 5.81. The zero-order chi connectivity index (χ0) is 14.8. The Morgan fingerprint density at radius 3 is 2.65 bits per heavy atom. The largest absolute Gasteiger partial charge is 0.326 e. The van der Waals surface area contributed by atoms with E-state index in [2.05, 4.69) is 14.9 Å². The summed E-state index contributed by atoms with van der Waals surface area (Å²) in [6, 6.07) is 7.37. The lowest BCUT2D eigenvalue weighted by molar-refractivity contribution is 0.600. The van der Waals surface area contributed by atoms with E-state index in [9.17, 15) is 13.2 Å². The van der Waals surface area contributed by atoms with Crippen LogP contribution in [0.4, 0.5) is 5.82 Å². The van der Waals surface area contributed by atoms with E-state index < -0.39 is 15.6 Å². The van der Waals surface area contributed by atoms with Gasteiger partial charge in [0.15, 0.2) is 5.82 Å². The number of aromatic nitrogens is 2. The van der Waals surface area contributed by atoms with Gasteiger partial charge >= 0.3 is 0 Å². The molecule has 0 atom stereocenters.